The largest absolute Gasteiger partial charge is 0.495 e. The fourth-order valence-corrected chi connectivity index (χ4v) is 2.42. The van der Waals surface area contributed by atoms with Crippen molar-refractivity contribution in [2.75, 3.05) is 6.61 Å². The van der Waals surface area contributed by atoms with Gasteiger partial charge in [-0.15, -0.1) is 0 Å². The molecule has 0 aromatic heterocycles. The minimum absolute atomic E-state index is 0.0645. The van der Waals surface area contributed by atoms with Crippen LogP contribution in [0.15, 0.2) is 18.2 Å². The van der Waals surface area contributed by atoms with E-state index in [9.17, 15) is 19.0 Å². The Kier molecular flexibility index (Phi) is 4.63. The van der Waals surface area contributed by atoms with Crippen molar-refractivity contribution in [3.05, 3.63) is 29.3 Å². The summed E-state index contributed by atoms with van der Waals surface area (Å²) in [7, 11) is -0.722. The fraction of sp³-hybridized carbons (Fsp3) is 0.625. The molecule has 128 valence electrons. The van der Waals surface area contributed by atoms with Gasteiger partial charge in [-0.3, -0.25) is 0 Å². The van der Waals surface area contributed by atoms with Crippen LogP contribution >= 0.6 is 0 Å². The first kappa shape index (κ1) is 18.3. The maximum Gasteiger partial charge on any atom is 0.495 e. The van der Waals surface area contributed by atoms with Crippen molar-refractivity contribution in [3.8, 4) is 0 Å². The third kappa shape index (κ3) is 3.03. The van der Waals surface area contributed by atoms with Gasteiger partial charge in [-0.2, -0.15) is 0 Å². The number of aryl methyl sites for hydroxylation is 1. The van der Waals surface area contributed by atoms with E-state index in [4.69, 9.17) is 9.31 Å². The summed E-state index contributed by atoms with van der Waals surface area (Å²) in [6.07, 6.45) is -3.11. The Labute approximate surface area is 135 Å². The number of aliphatic hydroxyl groups is 2. The summed E-state index contributed by atoms with van der Waals surface area (Å²) in [4.78, 5) is 0. The van der Waals surface area contributed by atoms with Crippen molar-refractivity contribution in [2.24, 2.45) is 0 Å². The molecule has 1 aromatic rings. The van der Waals surface area contributed by atoms with Gasteiger partial charge < -0.3 is 19.5 Å². The Morgan fingerprint density at radius 2 is 1.70 bits per heavy atom. The van der Waals surface area contributed by atoms with Crippen LogP contribution in [0.25, 0.3) is 0 Å². The van der Waals surface area contributed by atoms with Gasteiger partial charge in [0.25, 0.3) is 6.43 Å². The average Bonchev–Trinajstić information content (AvgIpc) is 2.66. The van der Waals surface area contributed by atoms with Gasteiger partial charge in [0, 0.05) is 0 Å². The van der Waals surface area contributed by atoms with E-state index in [0.29, 0.717) is 5.46 Å². The third-order valence-corrected chi connectivity index (χ3v) is 4.89. The van der Waals surface area contributed by atoms with Crippen molar-refractivity contribution in [3.63, 3.8) is 0 Å². The van der Waals surface area contributed by atoms with Gasteiger partial charge in [-0.1, -0.05) is 23.8 Å². The van der Waals surface area contributed by atoms with E-state index < -0.39 is 37.0 Å². The molecule has 1 aromatic carbocycles. The topological polar surface area (TPSA) is 58.9 Å². The summed E-state index contributed by atoms with van der Waals surface area (Å²) in [5.41, 5.74) is -2.43. The molecule has 0 spiro atoms. The molecule has 1 atom stereocenters. The van der Waals surface area contributed by atoms with Crippen molar-refractivity contribution in [2.45, 2.75) is 57.8 Å². The zero-order valence-electron chi connectivity index (χ0n) is 14.1. The van der Waals surface area contributed by atoms with E-state index in [-0.39, 0.29) is 5.56 Å². The number of rotatable bonds is 4. The molecule has 2 N–H and O–H groups in total. The molecule has 1 fully saturated rings. The van der Waals surface area contributed by atoms with Crippen molar-refractivity contribution < 1.29 is 28.3 Å². The summed E-state index contributed by atoms with van der Waals surface area (Å²) >= 11 is 0. The minimum Gasteiger partial charge on any atom is -0.399 e. The molecular formula is C16H23BF2O4. The second kappa shape index (κ2) is 5.81. The highest BCUT2D eigenvalue weighted by Crippen LogP contribution is 2.37. The van der Waals surface area contributed by atoms with Crippen molar-refractivity contribution >= 4 is 12.6 Å². The Hall–Kier alpha value is -1.02. The number of aliphatic hydroxyl groups excluding tert-OH is 1. The van der Waals surface area contributed by atoms with Crippen LogP contribution in [0.1, 0.15) is 38.8 Å². The lowest BCUT2D eigenvalue weighted by molar-refractivity contribution is -0.129. The van der Waals surface area contributed by atoms with Gasteiger partial charge in [0.2, 0.25) is 0 Å². The standard InChI is InChI=1S/C16H23BF2O4/c1-10-6-7-11(16(21,9-20)13(18)19)8-12(10)17-22-14(2,3)15(4,5)23-17/h6-8,13,20-21H,9H2,1-5H3. The summed E-state index contributed by atoms with van der Waals surface area (Å²) < 4.78 is 38.2. The van der Waals surface area contributed by atoms with Gasteiger partial charge >= 0.3 is 7.12 Å². The first-order valence-electron chi connectivity index (χ1n) is 7.52. The molecular weight excluding hydrogens is 305 g/mol. The molecule has 4 nitrogen and oxygen atoms in total. The second-order valence-electron chi connectivity index (χ2n) is 7.04. The Morgan fingerprint density at radius 1 is 1.17 bits per heavy atom. The maximum atomic E-state index is 13.2. The number of benzene rings is 1. The zero-order chi connectivity index (χ0) is 17.6. The van der Waals surface area contributed by atoms with Crippen LogP contribution in [-0.4, -0.2) is 41.6 Å². The van der Waals surface area contributed by atoms with E-state index in [2.05, 4.69) is 0 Å². The molecule has 7 heteroatoms. The van der Waals surface area contributed by atoms with Crippen LogP contribution in [0.3, 0.4) is 0 Å². The highest BCUT2D eigenvalue weighted by molar-refractivity contribution is 6.62. The molecule has 0 saturated carbocycles. The molecule has 1 unspecified atom stereocenters. The summed E-state index contributed by atoms with van der Waals surface area (Å²) in [5, 5.41) is 19.3. The molecule has 1 aliphatic rings. The number of alkyl halides is 2. The van der Waals surface area contributed by atoms with Gasteiger partial charge in [-0.25, -0.2) is 8.78 Å². The van der Waals surface area contributed by atoms with Crippen molar-refractivity contribution in [1.82, 2.24) is 0 Å². The lowest BCUT2D eigenvalue weighted by Crippen LogP contribution is -2.41. The third-order valence-electron chi connectivity index (χ3n) is 4.89. The average molecular weight is 328 g/mol. The van der Waals surface area contributed by atoms with Crippen molar-refractivity contribution in [1.29, 1.82) is 0 Å². The number of hydrogen-bond acceptors (Lipinski definition) is 4. The van der Waals surface area contributed by atoms with Crippen LogP contribution in [0.4, 0.5) is 8.78 Å². The summed E-state index contributed by atoms with van der Waals surface area (Å²) in [6, 6.07) is 4.41. The SMILES string of the molecule is Cc1ccc(C(O)(CO)C(F)F)cc1B1OC(C)(C)C(C)(C)O1. The van der Waals surface area contributed by atoms with Gasteiger partial charge in [0.15, 0.2) is 5.60 Å². The van der Waals surface area contributed by atoms with Crippen LogP contribution in [0.2, 0.25) is 0 Å². The highest BCUT2D eigenvalue weighted by Gasteiger charge is 2.52. The van der Waals surface area contributed by atoms with Gasteiger partial charge in [0.1, 0.15) is 0 Å². The first-order valence-corrected chi connectivity index (χ1v) is 7.52. The van der Waals surface area contributed by atoms with E-state index in [1.54, 1.807) is 6.07 Å². The summed E-state index contributed by atoms with van der Waals surface area (Å²) in [5.74, 6) is 0. The number of halogens is 2. The quantitative estimate of drug-likeness (QED) is 0.827. The molecule has 1 heterocycles. The lowest BCUT2D eigenvalue weighted by atomic mass is 9.74. The monoisotopic (exact) mass is 328 g/mol. The molecule has 0 amide bonds. The van der Waals surface area contributed by atoms with Crippen LogP contribution in [-0.2, 0) is 14.9 Å². The highest BCUT2D eigenvalue weighted by atomic mass is 19.3. The summed E-state index contributed by atoms with van der Waals surface area (Å²) in [6.45, 7) is 8.33. The second-order valence-corrected chi connectivity index (χ2v) is 7.04. The Morgan fingerprint density at radius 3 is 2.13 bits per heavy atom. The van der Waals surface area contributed by atoms with Crippen LogP contribution in [0, 0.1) is 6.92 Å². The first-order chi connectivity index (χ1) is 10.4. The normalized spacial score (nSPS) is 22.4. The smallest absolute Gasteiger partial charge is 0.399 e. The molecule has 1 aliphatic heterocycles. The molecule has 1 saturated heterocycles. The minimum atomic E-state index is -3.11. The van der Waals surface area contributed by atoms with E-state index in [1.165, 1.54) is 12.1 Å². The zero-order valence-corrected chi connectivity index (χ0v) is 14.1. The van der Waals surface area contributed by atoms with E-state index >= 15 is 0 Å². The Balaban J connectivity index is 2.44. The predicted octanol–water partition coefficient (Wildman–Crippen LogP) is 1.74. The maximum absolute atomic E-state index is 13.2. The molecule has 0 aliphatic carbocycles. The molecule has 2 rings (SSSR count). The Bertz CT molecular complexity index is 575. The molecule has 23 heavy (non-hydrogen) atoms. The lowest BCUT2D eigenvalue weighted by Gasteiger charge is -2.32. The molecule has 0 radical (unpaired) electrons. The number of hydrogen-bond donors (Lipinski definition) is 2. The van der Waals surface area contributed by atoms with E-state index in [0.717, 1.165) is 5.56 Å². The van der Waals surface area contributed by atoms with Gasteiger partial charge in [-0.05, 0) is 45.6 Å². The van der Waals surface area contributed by atoms with Crippen LogP contribution in [0.5, 0.6) is 0 Å². The molecule has 0 bridgehead atoms. The predicted molar refractivity (Wildman–Crippen MR) is 83.9 cm³/mol. The fourth-order valence-electron chi connectivity index (χ4n) is 2.42. The van der Waals surface area contributed by atoms with Gasteiger partial charge in [0.05, 0.1) is 17.8 Å². The van der Waals surface area contributed by atoms with Crippen LogP contribution < -0.4 is 5.46 Å². The van der Waals surface area contributed by atoms with E-state index in [1.807, 2.05) is 34.6 Å².